The summed E-state index contributed by atoms with van der Waals surface area (Å²) in [6, 6.07) is 4.34. The van der Waals surface area contributed by atoms with Gasteiger partial charge in [-0.1, -0.05) is 16.5 Å². The van der Waals surface area contributed by atoms with Gasteiger partial charge in [0.05, 0.1) is 10.7 Å². The summed E-state index contributed by atoms with van der Waals surface area (Å²) in [5.41, 5.74) is -0.126. The van der Waals surface area contributed by atoms with Crippen molar-refractivity contribution in [3.63, 3.8) is 0 Å². The van der Waals surface area contributed by atoms with Gasteiger partial charge in [-0.05, 0) is 42.8 Å². The van der Waals surface area contributed by atoms with E-state index in [4.69, 9.17) is 0 Å². The zero-order chi connectivity index (χ0) is 13.9. The SMILES string of the molecule is CC(C)(C)[S+]([O-])N=C[C@H](F)c1cccc(Br)c1F. The summed E-state index contributed by atoms with van der Waals surface area (Å²) in [7, 11) is 0. The highest BCUT2D eigenvalue weighted by Gasteiger charge is 2.26. The second-order valence-electron chi connectivity index (χ2n) is 4.66. The molecule has 0 spiro atoms. The molecular formula is C12H14BrF2NOS. The fourth-order valence-corrected chi connectivity index (χ4v) is 2.00. The lowest BCUT2D eigenvalue weighted by Gasteiger charge is -2.18. The van der Waals surface area contributed by atoms with Gasteiger partial charge in [0.25, 0.3) is 0 Å². The average molecular weight is 338 g/mol. The Balaban J connectivity index is 2.86. The van der Waals surface area contributed by atoms with Crippen LogP contribution in [-0.2, 0) is 11.4 Å². The minimum Gasteiger partial charge on any atom is -0.591 e. The van der Waals surface area contributed by atoms with Gasteiger partial charge in [0, 0.05) is 5.56 Å². The van der Waals surface area contributed by atoms with E-state index in [1.54, 1.807) is 20.8 Å². The Labute approximate surface area is 117 Å². The van der Waals surface area contributed by atoms with Gasteiger partial charge in [0.2, 0.25) is 0 Å². The highest BCUT2D eigenvalue weighted by atomic mass is 79.9. The normalized spacial score (nSPS) is 15.9. The zero-order valence-electron chi connectivity index (χ0n) is 10.3. The standard InChI is InChI=1S/C12H14BrF2NOS/c1-12(2,3)18(17)16-7-10(14)8-5-4-6-9(13)11(8)15/h4-7,10H,1-3H3/t10-,18?/m0/s1. The van der Waals surface area contributed by atoms with Crippen LogP contribution in [0.15, 0.2) is 27.1 Å². The molecule has 1 unspecified atom stereocenters. The fourth-order valence-electron chi connectivity index (χ4n) is 1.08. The Kier molecular flexibility index (Phi) is 5.31. The number of hydrogen-bond acceptors (Lipinski definition) is 2. The largest absolute Gasteiger partial charge is 0.591 e. The maximum absolute atomic E-state index is 13.8. The molecule has 0 amide bonds. The summed E-state index contributed by atoms with van der Waals surface area (Å²) in [6.07, 6.45) is -0.833. The summed E-state index contributed by atoms with van der Waals surface area (Å²) in [5.74, 6) is -0.669. The third-order valence-corrected chi connectivity index (χ3v) is 4.06. The molecular weight excluding hydrogens is 324 g/mol. The topological polar surface area (TPSA) is 35.4 Å². The first-order valence-electron chi connectivity index (χ1n) is 5.27. The highest BCUT2D eigenvalue weighted by Crippen LogP contribution is 2.26. The number of halogens is 3. The van der Waals surface area contributed by atoms with Crippen molar-refractivity contribution >= 4 is 33.5 Å². The smallest absolute Gasteiger partial charge is 0.167 e. The predicted molar refractivity (Wildman–Crippen MR) is 74.3 cm³/mol. The molecule has 0 bridgehead atoms. The predicted octanol–water partition coefficient (Wildman–Crippen LogP) is 4.13. The van der Waals surface area contributed by atoms with Crippen LogP contribution in [0.2, 0.25) is 0 Å². The summed E-state index contributed by atoms with van der Waals surface area (Å²) >= 11 is 1.43. The van der Waals surface area contributed by atoms with E-state index in [1.165, 1.54) is 18.2 Å². The van der Waals surface area contributed by atoms with Crippen molar-refractivity contribution in [2.45, 2.75) is 31.7 Å². The molecule has 0 radical (unpaired) electrons. The summed E-state index contributed by atoms with van der Waals surface area (Å²) < 4.78 is 42.2. The molecule has 0 saturated carbocycles. The molecule has 2 atom stereocenters. The molecule has 1 aromatic carbocycles. The second-order valence-corrected chi connectivity index (χ2v) is 7.45. The van der Waals surface area contributed by atoms with E-state index >= 15 is 0 Å². The molecule has 18 heavy (non-hydrogen) atoms. The van der Waals surface area contributed by atoms with Crippen molar-refractivity contribution in [2.75, 3.05) is 0 Å². The summed E-state index contributed by atoms with van der Waals surface area (Å²) in [4.78, 5) is 0. The molecule has 0 aromatic heterocycles. The van der Waals surface area contributed by atoms with Crippen molar-refractivity contribution in [1.29, 1.82) is 0 Å². The zero-order valence-corrected chi connectivity index (χ0v) is 12.7. The Hall–Kier alpha value is -0.460. The maximum Gasteiger partial charge on any atom is 0.167 e. The van der Waals surface area contributed by atoms with Crippen LogP contribution in [0, 0.1) is 5.82 Å². The lowest BCUT2D eigenvalue weighted by Crippen LogP contribution is -2.26. The van der Waals surface area contributed by atoms with E-state index in [-0.39, 0.29) is 10.0 Å². The van der Waals surface area contributed by atoms with E-state index < -0.39 is 28.1 Å². The van der Waals surface area contributed by atoms with E-state index in [0.717, 1.165) is 6.21 Å². The number of nitrogens with zero attached hydrogens (tertiary/aromatic N) is 1. The lowest BCUT2D eigenvalue weighted by atomic mass is 10.1. The van der Waals surface area contributed by atoms with Gasteiger partial charge in [0.15, 0.2) is 6.17 Å². The lowest BCUT2D eigenvalue weighted by molar-refractivity contribution is 0.428. The van der Waals surface area contributed by atoms with E-state index in [9.17, 15) is 13.3 Å². The minimum atomic E-state index is -1.71. The molecule has 6 heteroatoms. The average Bonchev–Trinajstić information content (AvgIpc) is 2.27. The van der Waals surface area contributed by atoms with Crippen molar-refractivity contribution in [3.05, 3.63) is 34.1 Å². The fraction of sp³-hybridized carbons (Fsp3) is 0.417. The van der Waals surface area contributed by atoms with Crippen LogP contribution in [0.1, 0.15) is 32.5 Å². The van der Waals surface area contributed by atoms with E-state index in [2.05, 4.69) is 20.3 Å². The molecule has 1 rings (SSSR count). The van der Waals surface area contributed by atoms with Gasteiger partial charge in [-0.15, -0.1) is 0 Å². The Morgan fingerprint density at radius 3 is 2.61 bits per heavy atom. The first kappa shape index (κ1) is 15.6. The third-order valence-electron chi connectivity index (χ3n) is 2.09. The molecule has 0 saturated heterocycles. The van der Waals surface area contributed by atoms with Gasteiger partial charge >= 0.3 is 0 Å². The molecule has 1 aromatic rings. The summed E-state index contributed by atoms with van der Waals surface area (Å²) in [5, 5.41) is 0. The highest BCUT2D eigenvalue weighted by molar-refractivity contribution is 9.10. The van der Waals surface area contributed by atoms with Crippen LogP contribution in [-0.4, -0.2) is 15.5 Å². The van der Waals surface area contributed by atoms with Gasteiger partial charge in [0.1, 0.15) is 21.9 Å². The van der Waals surface area contributed by atoms with Gasteiger partial charge in [-0.25, -0.2) is 8.78 Å². The second kappa shape index (κ2) is 6.12. The van der Waals surface area contributed by atoms with Gasteiger partial charge < -0.3 is 4.55 Å². The number of hydrogen-bond donors (Lipinski definition) is 0. The van der Waals surface area contributed by atoms with Crippen LogP contribution in [0.5, 0.6) is 0 Å². The Morgan fingerprint density at radius 1 is 1.44 bits per heavy atom. The molecule has 100 valence electrons. The Bertz CT molecular complexity index is 448. The molecule has 2 nitrogen and oxygen atoms in total. The molecule has 0 aliphatic rings. The monoisotopic (exact) mass is 337 g/mol. The van der Waals surface area contributed by atoms with Crippen molar-refractivity contribution in [3.8, 4) is 0 Å². The quantitative estimate of drug-likeness (QED) is 0.603. The number of benzene rings is 1. The van der Waals surface area contributed by atoms with Crippen molar-refractivity contribution in [1.82, 2.24) is 0 Å². The maximum atomic E-state index is 13.8. The van der Waals surface area contributed by atoms with Gasteiger partial charge in [-0.2, -0.15) is 0 Å². The molecule has 0 aliphatic carbocycles. The first-order valence-corrected chi connectivity index (χ1v) is 7.17. The van der Waals surface area contributed by atoms with Crippen LogP contribution in [0.4, 0.5) is 8.78 Å². The van der Waals surface area contributed by atoms with E-state index in [0.29, 0.717) is 0 Å². The van der Waals surface area contributed by atoms with Crippen LogP contribution < -0.4 is 0 Å². The third kappa shape index (κ3) is 4.03. The van der Waals surface area contributed by atoms with Crippen LogP contribution in [0.3, 0.4) is 0 Å². The van der Waals surface area contributed by atoms with Crippen molar-refractivity contribution < 1.29 is 13.3 Å². The Morgan fingerprint density at radius 2 is 2.06 bits per heavy atom. The minimum absolute atomic E-state index is 0.126. The van der Waals surface area contributed by atoms with Crippen LogP contribution >= 0.6 is 15.9 Å². The van der Waals surface area contributed by atoms with Gasteiger partial charge in [-0.3, -0.25) is 0 Å². The molecule has 0 fully saturated rings. The molecule has 0 N–H and O–H groups in total. The molecule has 0 aliphatic heterocycles. The first-order chi connectivity index (χ1) is 8.23. The van der Waals surface area contributed by atoms with Crippen LogP contribution in [0.25, 0.3) is 0 Å². The number of alkyl halides is 1. The summed E-state index contributed by atoms with van der Waals surface area (Å²) in [6.45, 7) is 5.19. The number of rotatable bonds is 3. The molecule has 0 heterocycles. The van der Waals surface area contributed by atoms with Crippen molar-refractivity contribution in [2.24, 2.45) is 4.40 Å². The van der Waals surface area contributed by atoms with E-state index in [1.807, 2.05) is 0 Å².